The summed E-state index contributed by atoms with van der Waals surface area (Å²) in [6, 6.07) is 0.570. The number of nitrogens with one attached hydrogen (secondary N) is 2. The summed E-state index contributed by atoms with van der Waals surface area (Å²) < 4.78 is 0.0208. The van der Waals surface area contributed by atoms with E-state index in [1.807, 2.05) is 0 Å². The van der Waals surface area contributed by atoms with Crippen molar-refractivity contribution in [3.8, 4) is 0 Å². The predicted molar refractivity (Wildman–Crippen MR) is 145 cm³/mol. The van der Waals surface area contributed by atoms with Gasteiger partial charge in [-0.25, -0.2) is 9.78 Å². The number of carboxylic acids is 1. The van der Waals surface area contributed by atoms with E-state index in [0.717, 1.165) is 28.0 Å². The quantitative estimate of drug-likeness (QED) is 0.0637. The molecule has 0 aromatic carbocycles. The molecule has 3 amide bonds. The molecule has 2 aromatic rings. The van der Waals surface area contributed by atoms with Crippen molar-refractivity contribution in [2.45, 2.75) is 22.9 Å². The standard InChI is InChI=1S/C20H16ClN7O6S4/c21-15-11(26-20(22)38-15)12(27-34)16(30)25-13-17(31)28-14(19(32)33)10(5-36-18(13)28)37-9-1-2-24-8(4-35)7(9)3-23-6-29/h1-2,4,6,13,18,34H,3,5H2,(H2,22,26)(H,23,29)(H,25,30)(H,32,33)/b27-12-/t13-,18+/m1/s1. The third kappa shape index (κ3) is 5.19. The van der Waals surface area contributed by atoms with Gasteiger partial charge in [0, 0.05) is 39.2 Å². The van der Waals surface area contributed by atoms with Crippen LogP contribution in [0.25, 0.3) is 0 Å². The van der Waals surface area contributed by atoms with Gasteiger partial charge in [0.2, 0.25) is 6.41 Å². The Morgan fingerprint density at radius 1 is 1.45 bits per heavy atom. The molecule has 0 radical (unpaired) electrons. The first-order valence-electron chi connectivity index (χ1n) is 10.4. The third-order valence-corrected chi connectivity index (χ3v) is 9.27. The average molecular weight is 614 g/mol. The number of nitrogens with zero attached hydrogens (tertiary/aromatic N) is 4. The van der Waals surface area contributed by atoms with E-state index in [2.05, 4.69) is 25.8 Å². The number of nitrogens with two attached hydrogens (primary N) is 1. The molecule has 2 aliphatic heterocycles. The zero-order valence-electron chi connectivity index (χ0n) is 18.8. The Hall–Kier alpha value is -3.25. The number of fused-ring (bicyclic) bond motifs is 1. The van der Waals surface area contributed by atoms with Crippen LogP contribution in [0, 0.1) is 0 Å². The summed E-state index contributed by atoms with van der Waals surface area (Å²) in [5.74, 6) is -2.71. The summed E-state index contributed by atoms with van der Waals surface area (Å²) in [5, 5.41) is 28.0. The molecule has 0 saturated carbocycles. The van der Waals surface area contributed by atoms with E-state index in [4.69, 9.17) is 29.6 Å². The highest BCUT2D eigenvalue weighted by atomic mass is 35.5. The maximum absolute atomic E-state index is 13.0. The Kier molecular flexibility index (Phi) is 8.51. The number of thiocarbonyl (C=S) groups is 1. The Morgan fingerprint density at radius 2 is 2.21 bits per heavy atom. The minimum Gasteiger partial charge on any atom is -0.477 e. The monoisotopic (exact) mass is 613 g/mol. The molecule has 1 saturated heterocycles. The number of aliphatic carboxylic acids is 1. The number of amides is 3. The summed E-state index contributed by atoms with van der Waals surface area (Å²) in [4.78, 5) is 59.0. The zero-order chi connectivity index (χ0) is 27.6. The van der Waals surface area contributed by atoms with Crippen molar-refractivity contribution in [3.05, 3.63) is 44.2 Å². The molecule has 6 N–H and O–H groups in total. The number of carboxylic acid groups (broad SMARTS) is 1. The smallest absolute Gasteiger partial charge is 0.353 e. The summed E-state index contributed by atoms with van der Waals surface area (Å²) in [5.41, 5.74) is 5.72. The number of pyridine rings is 1. The highest BCUT2D eigenvalue weighted by Crippen LogP contribution is 2.45. The molecule has 4 rings (SSSR count). The second-order valence-electron chi connectivity index (χ2n) is 7.45. The maximum atomic E-state index is 13.0. The van der Waals surface area contributed by atoms with Crippen molar-refractivity contribution in [2.75, 3.05) is 11.5 Å². The average Bonchev–Trinajstić information content (AvgIpc) is 3.23. The largest absolute Gasteiger partial charge is 0.477 e. The molecule has 2 aliphatic rings. The van der Waals surface area contributed by atoms with E-state index in [1.54, 1.807) is 6.07 Å². The van der Waals surface area contributed by atoms with Crippen LogP contribution in [0.2, 0.25) is 4.34 Å². The number of aromatic nitrogens is 2. The van der Waals surface area contributed by atoms with Gasteiger partial charge in [-0.1, -0.05) is 52.1 Å². The first-order chi connectivity index (χ1) is 18.2. The first kappa shape index (κ1) is 27.8. The molecular weight excluding hydrogens is 598 g/mol. The van der Waals surface area contributed by atoms with Crippen LogP contribution in [0.3, 0.4) is 0 Å². The number of rotatable bonds is 10. The molecule has 0 bridgehead atoms. The number of hydrogen-bond donors (Lipinski definition) is 5. The Balaban J connectivity index is 1.58. The lowest BCUT2D eigenvalue weighted by molar-refractivity contribution is -0.150. The molecule has 4 heterocycles. The highest BCUT2D eigenvalue weighted by molar-refractivity contribution is 8.06. The van der Waals surface area contributed by atoms with E-state index < -0.39 is 34.9 Å². The van der Waals surface area contributed by atoms with Gasteiger partial charge in [0.15, 0.2) is 10.8 Å². The van der Waals surface area contributed by atoms with Crippen molar-refractivity contribution in [1.29, 1.82) is 0 Å². The van der Waals surface area contributed by atoms with Crippen molar-refractivity contribution < 1.29 is 29.5 Å². The molecule has 38 heavy (non-hydrogen) atoms. The van der Waals surface area contributed by atoms with Crippen molar-refractivity contribution >= 4 is 99.1 Å². The van der Waals surface area contributed by atoms with Crippen LogP contribution in [0.1, 0.15) is 17.0 Å². The number of halogens is 1. The van der Waals surface area contributed by atoms with E-state index >= 15 is 0 Å². The third-order valence-electron chi connectivity index (χ3n) is 5.32. The molecule has 198 valence electrons. The lowest BCUT2D eigenvalue weighted by atomic mass is 10.0. The summed E-state index contributed by atoms with van der Waals surface area (Å²) >= 11 is 14.2. The van der Waals surface area contributed by atoms with Crippen LogP contribution in [-0.4, -0.2) is 77.6 Å². The predicted octanol–water partition coefficient (Wildman–Crippen LogP) is 1.03. The fraction of sp³-hybridized carbons (Fsp3) is 0.200. The number of nitrogen functional groups attached to an aromatic ring is 1. The molecule has 1 fully saturated rings. The maximum Gasteiger partial charge on any atom is 0.353 e. The number of carbonyl (C=O) groups excluding carboxylic acids is 3. The number of hydrogen-bond acceptors (Lipinski definition) is 13. The lowest BCUT2D eigenvalue weighted by Gasteiger charge is -2.49. The van der Waals surface area contributed by atoms with Crippen LogP contribution >= 0.6 is 58.7 Å². The van der Waals surface area contributed by atoms with Crippen molar-refractivity contribution in [2.24, 2.45) is 5.16 Å². The molecule has 13 nitrogen and oxygen atoms in total. The Labute approximate surface area is 236 Å². The number of oxime groups is 1. The molecule has 0 spiro atoms. The Morgan fingerprint density at radius 3 is 2.82 bits per heavy atom. The number of anilines is 1. The van der Waals surface area contributed by atoms with Crippen LogP contribution in [0.4, 0.5) is 5.13 Å². The lowest BCUT2D eigenvalue weighted by Crippen LogP contribution is -2.71. The van der Waals surface area contributed by atoms with Crippen LogP contribution in [-0.2, 0) is 25.7 Å². The molecule has 2 aromatic heterocycles. The summed E-state index contributed by atoms with van der Waals surface area (Å²) in [6.07, 6.45) is 2.03. The van der Waals surface area contributed by atoms with Crippen LogP contribution < -0.4 is 16.4 Å². The van der Waals surface area contributed by atoms with Gasteiger partial charge in [-0.2, -0.15) is 0 Å². The molecule has 2 atom stereocenters. The van der Waals surface area contributed by atoms with Gasteiger partial charge in [-0.15, -0.1) is 11.8 Å². The van der Waals surface area contributed by atoms with E-state index in [1.165, 1.54) is 23.3 Å². The van der Waals surface area contributed by atoms with Gasteiger partial charge < -0.3 is 26.7 Å². The normalized spacial score (nSPS) is 18.9. The van der Waals surface area contributed by atoms with Gasteiger partial charge in [0.1, 0.15) is 27.1 Å². The number of β-lactam (4-membered cyclic amide) rings is 1. The van der Waals surface area contributed by atoms with Gasteiger partial charge in [-0.3, -0.25) is 24.3 Å². The SMILES string of the molecule is Nc1nc(/C(=N/O)C(=O)N[C@@H]2C(=O)N3C(C(=O)O)=C(Sc4ccnc(C=S)c4CNC=O)CS[C@@H]23)c(Cl)s1. The summed E-state index contributed by atoms with van der Waals surface area (Å²) in [6.45, 7) is 0.119. The Bertz CT molecular complexity index is 1410. The van der Waals surface area contributed by atoms with Gasteiger partial charge in [0.05, 0.1) is 5.69 Å². The zero-order valence-corrected chi connectivity index (χ0v) is 22.8. The minimum absolute atomic E-state index is 0.0208. The number of thioether (sulfide) groups is 2. The highest BCUT2D eigenvalue weighted by Gasteiger charge is 2.54. The second-order valence-corrected chi connectivity index (χ2v) is 11.6. The topological polar surface area (TPSA) is 200 Å². The minimum atomic E-state index is -1.32. The van der Waals surface area contributed by atoms with E-state index in [0.29, 0.717) is 27.5 Å². The second kappa shape index (κ2) is 11.6. The van der Waals surface area contributed by atoms with Crippen molar-refractivity contribution in [1.82, 2.24) is 25.5 Å². The van der Waals surface area contributed by atoms with Gasteiger partial charge in [0.25, 0.3) is 11.8 Å². The van der Waals surface area contributed by atoms with Crippen LogP contribution in [0.15, 0.2) is 32.9 Å². The van der Waals surface area contributed by atoms with Crippen molar-refractivity contribution in [3.63, 3.8) is 0 Å². The number of carbonyl (C=O) groups is 4. The van der Waals surface area contributed by atoms with Gasteiger partial charge in [-0.05, 0) is 6.07 Å². The fourth-order valence-electron chi connectivity index (χ4n) is 3.68. The van der Waals surface area contributed by atoms with E-state index in [9.17, 15) is 29.5 Å². The fourth-order valence-corrected chi connectivity index (χ4v) is 7.43. The molecule has 0 unspecified atom stereocenters. The first-order valence-corrected chi connectivity index (χ1v) is 13.9. The van der Waals surface area contributed by atoms with Gasteiger partial charge >= 0.3 is 5.97 Å². The van der Waals surface area contributed by atoms with Crippen LogP contribution in [0.5, 0.6) is 0 Å². The van der Waals surface area contributed by atoms with E-state index in [-0.39, 0.29) is 33.2 Å². The molecule has 0 aliphatic carbocycles. The molecule has 18 heteroatoms. The number of thiazole rings is 1. The summed E-state index contributed by atoms with van der Waals surface area (Å²) in [7, 11) is 0. The molecular formula is C20H16ClN7O6S4.